The second-order valence-electron chi connectivity index (χ2n) is 6.18. The lowest BCUT2D eigenvalue weighted by Gasteiger charge is -2.38. The molecule has 1 saturated heterocycles. The summed E-state index contributed by atoms with van der Waals surface area (Å²) >= 11 is 0. The number of hydrogen-bond donors (Lipinski definition) is 1. The van der Waals surface area contributed by atoms with Gasteiger partial charge in [0.1, 0.15) is 0 Å². The minimum absolute atomic E-state index is 0.299. The number of hydrogen-bond acceptors (Lipinski definition) is 2. The van der Waals surface area contributed by atoms with Gasteiger partial charge in [0.25, 0.3) is 0 Å². The summed E-state index contributed by atoms with van der Waals surface area (Å²) in [6, 6.07) is 1.18. The molecule has 3 nitrogen and oxygen atoms in total. The van der Waals surface area contributed by atoms with Gasteiger partial charge < -0.3 is 10.2 Å². The lowest BCUT2D eigenvalue weighted by Crippen LogP contribution is -2.52. The molecule has 98 valence electrons. The van der Waals surface area contributed by atoms with E-state index in [1.165, 1.54) is 19.3 Å². The maximum Gasteiger partial charge on any atom is 0.222 e. The van der Waals surface area contributed by atoms with Gasteiger partial charge in [0.2, 0.25) is 5.91 Å². The zero-order valence-electron chi connectivity index (χ0n) is 11.4. The topological polar surface area (TPSA) is 32.3 Å². The minimum atomic E-state index is 0.299. The predicted octanol–water partition coefficient (Wildman–Crippen LogP) is 2.02. The zero-order chi connectivity index (χ0) is 12.4. The molecule has 0 aromatic rings. The average Bonchev–Trinajstić information content (AvgIpc) is 2.27. The van der Waals surface area contributed by atoms with Crippen molar-refractivity contribution in [2.24, 2.45) is 11.8 Å². The summed E-state index contributed by atoms with van der Waals surface area (Å²) < 4.78 is 0. The molecular formula is C14H26N2O. The van der Waals surface area contributed by atoms with Gasteiger partial charge >= 0.3 is 0 Å². The van der Waals surface area contributed by atoms with Crippen molar-refractivity contribution in [3.05, 3.63) is 0 Å². The molecule has 0 spiro atoms. The molecule has 0 aromatic heterocycles. The molecule has 1 aliphatic heterocycles. The summed E-state index contributed by atoms with van der Waals surface area (Å²) in [5.41, 5.74) is 0. The van der Waals surface area contributed by atoms with E-state index in [4.69, 9.17) is 0 Å². The summed E-state index contributed by atoms with van der Waals surface area (Å²) in [6.07, 6.45) is 5.73. The van der Waals surface area contributed by atoms with Crippen molar-refractivity contribution in [1.29, 1.82) is 0 Å². The number of nitrogens with zero attached hydrogens (tertiary/aromatic N) is 1. The number of piperidine rings is 1. The van der Waals surface area contributed by atoms with Crippen molar-refractivity contribution in [1.82, 2.24) is 10.2 Å². The van der Waals surface area contributed by atoms with Crippen molar-refractivity contribution in [2.75, 3.05) is 13.6 Å². The summed E-state index contributed by atoms with van der Waals surface area (Å²) in [5, 5.41) is 3.79. The van der Waals surface area contributed by atoms with Crippen LogP contribution in [0.3, 0.4) is 0 Å². The fourth-order valence-electron chi connectivity index (χ4n) is 3.36. The Morgan fingerprint density at radius 1 is 1.24 bits per heavy atom. The molecule has 3 heteroatoms. The molecule has 1 N–H and O–H groups in total. The number of nitrogens with one attached hydrogen (secondary N) is 1. The Morgan fingerprint density at radius 3 is 2.65 bits per heavy atom. The van der Waals surface area contributed by atoms with Crippen LogP contribution in [0.15, 0.2) is 0 Å². The Labute approximate surface area is 105 Å². The summed E-state index contributed by atoms with van der Waals surface area (Å²) in [5.74, 6) is 1.97. The van der Waals surface area contributed by atoms with Crippen LogP contribution in [0.5, 0.6) is 0 Å². The normalized spacial score (nSPS) is 39.5. The second kappa shape index (κ2) is 5.38. The van der Waals surface area contributed by atoms with Gasteiger partial charge in [0.05, 0.1) is 0 Å². The van der Waals surface area contributed by atoms with E-state index in [9.17, 15) is 4.79 Å². The average molecular weight is 238 g/mol. The Kier molecular flexibility index (Phi) is 4.08. The van der Waals surface area contributed by atoms with Crippen LogP contribution in [-0.4, -0.2) is 36.5 Å². The highest BCUT2D eigenvalue weighted by Gasteiger charge is 2.29. The fraction of sp³-hybridized carbons (Fsp3) is 0.929. The van der Waals surface area contributed by atoms with Gasteiger partial charge in [-0.2, -0.15) is 0 Å². The van der Waals surface area contributed by atoms with Crippen LogP contribution < -0.4 is 5.32 Å². The monoisotopic (exact) mass is 238 g/mol. The largest absolute Gasteiger partial charge is 0.344 e. The first-order chi connectivity index (χ1) is 8.06. The third-order valence-corrected chi connectivity index (χ3v) is 4.51. The Bertz CT molecular complexity index is 279. The number of likely N-dealkylation sites (tertiary alicyclic amines) is 1. The lowest BCUT2D eigenvalue weighted by molar-refractivity contribution is -0.132. The van der Waals surface area contributed by atoms with Gasteiger partial charge in [0.15, 0.2) is 0 Å². The van der Waals surface area contributed by atoms with Crippen LogP contribution >= 0.6 is 0 Å². The molecule has 4 atom stereocenters. The maximum absolute atomic E-state index is 11.4. The van der Waals surface area contributed by atoms with Gasteiger partial charge in [-0.05, 0) is 37.5 Å². The summed E-state index contributed by atoms with van der Waals surface area (Å²) in [7, 11) is 1.92. The van der Waals surface area contributed by atoms with E-state index in [1.807, 2.05) is 11.9 Å². The van der Waals surface area contributed by atoms with Gasteiger partial charge in [-0.3, -0.25) is 4.79 Å². The van der Waals surface area contributed by atoms with Crippen LogP contribution in [0.25, 0.3) is 0 Å². The first-order valence-corrected chi connectivity index (χ1v) is 7.06. The van der Waals surface area contributed by atoms with Crippen molar-refractivity contribution in [2.45, 2.75) is 58.0 Å². The van der Waals surface area contributed by atoms with Crippen LogP contribution in [0.2, 0.25) is 0 Å². The highest BCUT2D eigenvalue weighted by atomic mass is 16.2. The van der Waals surface area contributed by atoms with Crippen molar-refractivity contribution in [3.8, 4) is 0 Å². The molecule has 17 heavy (non-hydrogen) atoms. The maximum atomic E-state index is 11.4. The van der Waals surface area contributed by atoms with E-state index in [1.54, 1.807) is 0 Å². The van der Waals surface area contributed by atoms with Gasteiger partial charge in [0, 0.05) is 32.1 Å². The first-order valence-electron chi connectivity index (χ1n) is 7.06. The molecule has 2 fully saturated rings. The number of carbonyl (C=O) groups excluding carboxylic acids is 1. The molecule has 1 saturated carbocycles. The Balaban J connectivity index is 1.82. The summed E-state index contributed by atoms with van der Waals surface area (Å²) in [6.45, 7) is 5.61. The SMILES string of the molecule is CC1CCC(NC2CCC(=O)N(C)C2)C(C)C1. The molecule has 0 radical (unpaired) electrons. The molecule has 1 aliphatic carbocycles. The number of rotatable bonds is 2. The standard InChI is InChI=1S/C14H26N2O/c1-10-4-6-13(11(2)8-10)15-12-5-7-14(17)16(3)9-12/h10-13,15H,4-9H2,1-3H3. The van der Waals surface area contributed by atoms with Crippen LogP contribution in [0.1, 0.15) is 46.0 Å². The fourth-order valence-corrected chi connectivity index (χ4v) is 3.36. The lowest BCUT2D eigenvalue weighted by atomic mass is 9.79. The van der Waals surface area contributed by atoms with E-state index in [-0.39, 0.29) is 0 Å². The van der Waals surface area contributed by atoms with Gasteiger partial charge in [-0.1, -0.05) is 13.8 Å². The van der Waals surface area contributed by atoms with Crippen molar-refractivity contribution in [3.63, 3.8) is 0 Å². The molecule has 1 heterocycles. The summed E-state index contributed by atoms with van der Waals surface area (Å²) in [4.78, 5) is 13.3. The molecular weight excluding hydrogens is 212 g/mol. The molecule has 4 unspecified atom stereocenters. The first kappa shape index (κ1) is 12.9. The second-order valence-corrected chi connectivity index (χ2v) is 6.18. The number of carbonyl (C=O) groups is 1. The molecule has 2 aliphatic rings. The van der Waals surface area contributed by atoms with E-state index in [0.717, 1.165) is 24.8 Å². The number of likely N-dealkylation sites (N-methyl/N-ethyl adjacent to an activating group) is 1. The quantitative estimate of drug-likeness (QED) is 0.798. The van der Waals surface area contributed by atoms with Crippen LogP contribution in [0.4, 0.5) is 0 Å². The van der Waals surface area contributed by atoms with Gasteiger partial charge in [-0.25, -0.2) is 0 Å². The third-order valence-electron chi connectivity index (χ3n) is 4.51. The smallest absolute Gasteiger partial charge is 0.222 e. The molecule has 0 bridgehead atoms. The van der Waals surface area contributed by atoms with E-state index in [2.05, 4.69) is 19.2 Å². The molecule has 0 aromatic carbocycles. The molecule has 1 amide bonds. The Hall–Kier alpha value is -0.570. The van der Waals surface area contributed by atoms with Crippen molar-refractivity contribution >= 4 is 5.91 Å². The van der Waals surface area contributed by atoms with E-state index < -0.39 is 0 Å². The highest BCUT2D eigenvalue weighted by Crippen LogP contribution is 2.29. The van der Waals surface area contributed by atoms with Crippen molar-refractivity contribution < 1.29 is 4.79 Å². The van der Waals surface area contributed by atoms with Gasteiger partial charge in [-0.15, -0.1) is 0 Å². The Morgan fingerprint density at radius 2 is 2.00 bits per heavy atom. The van der Waals surface area contributed by atoms with Crippen LogP contribution in [0, 0.1) is 11.8 Å². The third kappa shape index (κ3) is 3.21. The van der Waals surface area contributed by atoms with E-state index in [0.29, 0.717) is 24.4 Å². The number of amides is 1. The molecule has 2 rings (SSSR count). The zero-order valence-corrected chi connectivity index (χ0v) is 11.4. The minimum Gasteiger partial charge on any atom is -0.344 e. The highest BCUT2D eigenvalue weighted by molar-refractivity contribution is 5.76. The van der Waals surface area contributed by atoms with Crippen LogP contribution in [-0.2, 0) is 4.79 Å². The van der Waals surface area contributed by atoms with E-state index >= 15 is 0 Å². The predicted molar refractivity (Wildman–Crippen MR) is 69.8 cm³/mol.